The summed E-state index contributed by atoms with van der Waals surface area (Å²) >= 11 is 6.08. The summed E-state index contributed by atoms with van der Waals surface area (Å²) in [5.74, 6) is -0.0390. The Morgan fingerprint density at radius 2 is 2.21 bits per heavy atom. The summed E-state index contributed by atoms with van der Waals surface area (Å²) in [5, 5.41) is 3.40. The first kappa shape index (κ1) is 13.9. The van der Waals surface area contributed by atoms with Crippen LogP contribution in [0.5, 0.6) is 0 Å². The highest BCUT2D eigenvalue weighted by Gasteiger charge is 2.26. The Bertz CT molecular complexity index is 480. The van der Waals surface area contributed by atoms with Gasteiger partial charge in [0.15, 0.2) is 0 Å². The van der Waals surface area contributed by atoms with E-state index in [1.54, 1.807) is 11.9 Å². The van der Waals surface area contributed by atoms with Gasteiger partial charge < -0.3 is 10.2 Å². The summed E-state index contributed by atoms with van der Waals surface area (Å²) in [4.78, 5) is 25.0. The van der Waals surface area contributed by atoms with Gasteiger partial charge in [0.25, 0.3) is 0 Å². The fraction of sp³-hybridized carbons (Fsp3) is 0.429. The molecule has 1 unspecified atom stereocenters. The van der Waals surface area contributed by atoms with E-state index in [-0.39, 0.29) is 17.7 Å². The quantitative estimate of drug-likeness (QED) is 0.918. The molecule has 0 aliphatic carbocycles. The molecule has 2 amide bonds. The number of rotatable bonds is 3. The van der Waals surface area contributed by atoms with Crippen LogP contribution in [0.4, 0.5) is 0 Å². The second-order valence-electron chi connectivity index (χ2n) is 4.83. The lowest BCUT2D eigenvalue weighted by molar-refractivity contribution is -0.136. The average Bonchev–Trinajstić information content (AvgIpc) is 2.41. The molecule has 4 nitrogen and oxygen atoms in total. The monoisotopic (exact) mass is 280 g/mol. The third-order valence-electron chi connectivity index (χ3n) is 3.36. The van der Waals surface area contributed by atoms with Crippen molar-refractivity contribution >= 4 is 23.4 Å². The van der Waals surface area contributed by atoms with E-state index in [4.69, 9.17) is 11.6 Å². The third-order valence-corrected chi connectivity index (χ3v) is 3.73. The molecule has 0 bridgehead atoms. The first-order chi connectivity index (χ1) is 9.08. The van der Waals surface area contributed by atoms with E-state index in [1.807, 2.05) is 24.3 Å². The van der Waals surface area contributed by atoms with Crippen LogP contribution in [-0.4, -0.2) is 30.3 Å². The molecule has 102 valence electrons. The molecular weight excluding hydrogens is 264 g/mol. The van der Waals surface area contributed by atoms with Crippen molar-refractivity contribution in [2.75, 3.05) is 13.6 Å². The normalized spacial score (nSPS) is 18.8. The highest BCUT2D eigenvalue weighted by atomic mass is 35.5. The molecule has 0 radical (unpaired) electrons. The van der Waals surface area contributed by atoms with Crippen LogP contribution in [0.15, 0.2) is 24.3 Å². The number of nitrogens with zero attached hydrogens (tertiary/aromatic N) is 1. The first-order valence-corrected chi connectivity index (χ1v) is 6.71. The molecule has 1 fully saturated rings. The van der Waals surface area contributed by atoms with Crippen LogP contribution in [0.3, 0.4) is 0 Å². The largest absolute Gasteiger partial charge is 0.355 e. The van der Waals surface area contributed by atoms with Gasteiger partial charge in [0.05, 0.1) is 5.92 Å². The molecule has 1 saturated heterocycles. The number of carbonyl (C=O) groups is 2. The summed E-state index contributed by atoms with van der Waals surface area (Å²) in [6.45, 7) is 0.924. The van der Waals surface area contributed by atoms with Crippen molar-refractivity contribution in [2.24, 2.45) is 5.92 Å². The molecule has 19 heavy (non-hydrogen) atoms. The summed E-state index contributed by atoms with van der Waals surface area (Å²) in [7, 11) is 1.77. The van der Waals surface area contributed by atoms with E-state index >= 15 is 0 Å². The van der Waals surface area contributed by atoms with Crippen LogP contribution in [-0.2, 0) is 16.1 Å². The van der Waals surface area contributed by atoms with Crippen LogP contribution in [0.25, 0.3) is 0 Å². The molecule has 1 heterocycles. The van der Waals surface area contributed by atoms with Crippen molar-refractivity contribution in [2.45, 2.75) is 19.4 Å². The second kappa shape index (κ2) is 6.06. The van der Waals surface area contributed by atoms with Crippen LogP contribution in [0, 0.1) is 5.92 Å². The molecule has 0 spiro atoms. The van der Waals surface area contributed by atoms with E-state index in [0.717, 1.165) is 5.56 Å². The van der Waals surface area contributed by atoms with Gasteiger partial charge in [0, 0.05) is 31.6 Å². The molecule has 1 atom stereocenters. The number of amides is 2. The summed E-state index contributed by atoms with van der Waals surface area (Å²) < 4.78 is 0. The maximum absolute atomic E-state index is 12.3. The van der Waals surface area contributed by atoms with Crippen molar-refractivity contribution in [3.8, 4) is 0 Å². The highest BCUT2D eigenvalue weighted by Crippen LogP contribution is 2.19. The standard InChI is InChI=1S/C14H17ClN2O2/c1-17(9-11-4-2-3-5-12(11)15)14(19)10-6-7-13(18)16-8-10/h2-5,10H,6-9H2,1H3,(H,16,18). The molecule has 2 rings (SSSR count). The summed E-state index contributed by atoms with van der Waals surface area (Å²) in [6.07, 6.45) is 1.05. The number of piperidine rings is 1. The maximum atomic E-state index is 12.3. The Hall–Kier alpha value is -1.55. The number of hydrogen-bond donors (Lipinski definition) is 1. The Balaban J connectivity index is 1.96. The Morgan fingerprint density at radius 3 is 2.84 bits per heavy atom. The lowest BCUT2D eigenvalue weighted by Gasteiger charge is -2.27. The Kier molecular flexibility index (Phi) is 4.43. The van der Waals surface area contributed by atoms with Crippen LogP contribution in [0.1, 0.15) is 18.4 Å². The molecule has 0 saturated carbocycles. The van der Waals surface area contributed by atoms with Gasteiger partial charge in [-0.2, -0.15) is 0 Å². The zero-order valence-electron chi connectivity index (χ0n) is 10.9. The minimum atomic E-state index is -0.120. The Labute approximate surface area is 117 Å². The number of nitrogens with one attached hydrogen (secondary N) is 1. The second-order valence-corrected chi connectivity index (χ2v) is 5.23. The maximum Gasteiger partial charge on any atom is 0.227 e. The predicted molar refractivity (Wildman–Crippen MR) is 73.7 cm³/mol. The molecule has 1 aliphatic rings. The molecule has 1 aromatic rings. The van der Waals surface area contributed by atoms with Gasteiger partial charge >= 0.3 is 0 Å². The van der Waals surface area contributed by atoms with Gasteiger partial charge in [-0.1, -0.05) is 29.8 Å². The van der Waals surface area contributed by atoms with E-state index in [9.17, 15) is 9.59 Å². The number of carbonyl (C=O) groups excluding carboxylic acids is 2. The van der Waals surface area contributed by atoms with E-state index in [1.165, 1.54) is 0 Å². The SMILES string of the molecule is CN(Cc1ccccc1Cl)C(=O)C1CCC(=O)NC1. The molecule has 0 aromatic heterocycles. The Morgan fingerprint density at radius 1 is 1.47 bits per heavy atom. The lowest BCUT2D eigenvalue weighted by atomic mass is 9.97. The van der Waals surface area contributed by atoms with Gasteiger partial charge in [0.2, 0.25) is 11.8 Å². The van der Waals surface area contributed by atoms with E-state index in [2.05, 4.69) is 5.32 Å². The van der Waals surface area contributed by atoms with Gasteiger partial charge in [-0.3, -0.25) is 9.59 Å². The molecule has 1 aliphatic heterocycles. The highest BCUT2D eigenvalue weighted by molar-refractivity contribution is 6.31. The zero-order valence-corrected chi connectivity index (χ0v) is 11.6. The lowest BCUT2D eigenvalue weighted by Crippen LogP contribution is -2.43. The van der Waals surface area contributed by atoms with Crippen molar-refractivity contribution in [3.05, 3.63) is 34.9 Å². The number of halogens is 1. The predicted octanol–water partition coefficient (Wildman–Crippen LogP) is 1.82. The third kappa shape index (κ3) is 3.47. The van der Waals surface area contributed by atoms with Gasteiger partial charge in [-0.05, 0) is 18.1 Å². The van der Waals surface area contributed by atoms with Crippen LogP contribution in [0.2, 0.25) is 5.02 Å². The number of hydrogen-bond acceptors (Lipinski definition) is 2. The van der Waals surface area contributed by atoms with E-state index < -0.39 is 0 Å². The van der Waals surface area contributed by atoms with Crippen molar-refractivity contribution in [1.29, 1.82) is 0 Å². The topological polar surface area (TPSA) is 49.4 Å². The minimum absolute atomic E-state index is 0.0257. The number of benzene rings is 1. The van der Waals surface area contributed by atoms with Crippen molar-refractivity contribution < 1.29 is 9.59 Å². The fourth-order valence-corrected chi connectivity index (χ4v) is 2.41. The van der Waals surface area contributed by atoms with Gasteiger partial charge in [-0.25, -0.2) is 0 Å². The van der Waals surface area contributed by atoms with E-state index in [0.29, 0.717) is 31.0 Å². The van der Waals surface area contributed by atoms with Crippen LogP contribution < -0.4 is 5.32 Å². The van der Waals surface area contributed by atoms with Gasteiger partial charge in [-0.15, -0.1) is 0 Å². The first-order valence-electron chi connectivity index (χ1n) is 6.33. The van der Waals surface area contributed by atoms with Gasteiger partial charge in [0.1, 0.15) is 0 Å². The molecule has 5 heteroatoms. The van der Waals surface area contributed by atoms with Crippen molar-refractivity contribution in [3.63, 3.8) is 0 Å². The molecular formula is C14H17ClN2O2. The molecule has 1 N–H and O–H groups in total. The average molecular weight is 281 g/mol. The summed E-state index contributed by atoms with van der Waals surface area (Å²) in [6, 6.07) is 7.50. The smallest absolute Gasteiger partial charge is 0.227 e. The summed E-state index contributed by atoms with van der Waals surface area (Å²) in [5.41, 5.74) is 0.930. The molecule has 1 aromatic carbocycles. The minimum Gasteiger partial charge on any atom is -0.355 e. The van der Waals surface area contributed by atoms with Crippen LogP contribution >= 0.6 is 11.6 Å². The zero-order chi connectivity index (χ0) is 13.8. The fourth-order valence-electron chi connectivity index (χ4n) is 2.22. The van der Waals surface area contributed by atoms with Crippen molar-refractivity contribution in [1.82, 2.24) is 10.2 Å².